The summed E-state index contributed by atoms with van der Waals surface area (Å²) in [5.74, 6) is 0.969. The minimum absolute atomic E-state index is 0.0929. The number of carbonyl (C=O) groups is 2. The minimum atomic E-state index is -0.359. The maximum absolute atomic E-state index is 12.0. The summed E-state index contributed by atoms with van der Waals surface area (Å²) < 4.78 is 10.5. The Hall–Kier alpha value is -2.84. The average molecular weight is 361 g/mol. The Morgan fingerprint density at radius 1 is 1.42 bits per heavy atom. The van der Waals surface area contributed by atoms with Gasteiger partial charge in [-0.05, 0) is 25.7 Å². The van der Waals surface area contributed by atoms with E-state index in [4.69, 9.17) is 9.15 Å². The van der Waals surface area contributed by atoms with Crippen molar-refractivity contribution in [2.75, 3.05) is 11.9 Å². The summed E-state index contributed by atoms with van der Waals surface area (Å²) in [7, 11) is 0. The van der Waals surface area contributed by atoms with Gasteiger partial charge < -0.3 is 19.8 Å². The molecule has 140 valence electrons. The van der Waals surface area contributed by atoms with Gasteiger partial charge in [0.25, 0.3) is 0 Å². The van der Waals surface area contributed by atoms with Crippen LogP contribution in [-0.4, -0.2) is 39.8 Å². The number of nitrogens with zero attached hydrogens (tertiary/aromatic N) is 2. The molecule has 2 aromatic heterocycles. The normalized spacial score (nSPS) is 19.3. The van der Waals surface area contributed by atoms with Crippen molar-refractivity contribution in [3.05, 3.63) is 30.1 Å². The number of anilines is 1. The summed E-state index contributed by atoms with van der Waals surface area (Å²) >= 11 is 0. The molecule has 2 aromatic rings. The van der Waals surface area contributed by atoms with E-state index in [0.717, 1.165) is 31.4 Å². The van der Waals surface area contributed by atoms with Crippen LogP contribution in [0, 0.1) is 0 Å². The molecule has 0 bridgehead atoms. The molecule has 1 fully saturated rings. The van der Waals surface area contributed by atoms with Gasteiger partial charge in [-0.15, -0.1) is 0 Å². The van der Waals surface area contributed by atoms with E-state index in [1.165, 1.54) is 12.6 Å². The Morgan fingerprint density at radius 2 is 2.31 bits per heavy atom. The maximum atomic E-state index is 12.0. The fourth-order valence-electron chi connectivity index (χ4n) is 3.03. The van der Waals surface area contributed by atoms with Crippen molar-refractivity contribution in [3.8, 4) is 0 Å². The fraction of sp³-hybridized carbons (Fsp3) is 0.529. The zero-order valence-corrected chi connectivity index (χ0v) is 14.7. The molecule has 3 N–H and O–H groups in total. The predicted molar refractivity (Wildman–Crippen MR) is 92.6 cm³/mol. The largest absolute Gasteiger partial charge is 0.448 e. The maximum Gasteiger partial charge on any atom is 0.407 e. The van der Waals surface area contributed by atoms with Crippen LogP contribution in [0.25, 0.3) is 0 Å². The zero-order chi connectivity index (χ0) is 18.4. The van der Waals surface area contributed by atoms with Crippen LogP contribution in [0.5, 0.6) is 0 Å². The second-order valence-corrected chi connectivity index (χ2v) is 6.37. The molecule has 2 atom stereocenters. The number of carbonyl (C=O) groups excluding carboxylic acids is 2. The molecule has 2 amide bonds. The number of hydrogen-bond donors (Lipinski definition) is 3. The van der Waals surface area contributed by atoms with Gasteiger partial charge in [0.15, 0.2) is 12.2 Å². The van der Waals surface area contributed by atoms with E-state index in [-0.39, 0.29) is 30.4 Å². The Labute approximate surface area is 150 Å². The third kappa shape index (κ3) is 4.84. The molecular formula is C17H23N5O4. The van der Waals surface area contributed by atoms with Crippen molar-refractivity contribution in [1.82, 2.24) is 20.5 Å². The number of ether oxygens (including phenoxy) is 1. The zero-order valence-electron chi connectivity index (χ0n) is 14.7. The van der Waals surface area contributed by atoms with E-state index in [2.05, 4.69) is 25.8 Å². The highest BCUT2D eigenvalue weighted by Gasteiger charge is 2.30. The lowest BCUT2D eigenvalue weighted by molar-refractivity contribution is -0.115. The summed E-state index contributed by atoms with van der Waals surface area (Å²) in [6.45, 7) is 2.61. The van der Waals surface area contributed by atoms with Gasteiger partial charge in [-0.3, -0.25) is 9.89 Å². The molecule has 1 saturated carbocycles. The molecule has 2 unspecified atom stereocenters. The molecule has 1 aliphatic carbocycles. The Kier molecular flexibility index (Phi) is 5.88. The summed E-state index contributed by atoms with van der Waals surface area (Å²) in [6, 6.07) is 1.82. The second kappa shape index (κ2) is 8.50. The van der Waals surface area contributed by atoms with Crippen LogP contribution in [0.3, 0.4) is 0 Å². The molecule has 9 heteroatoms. The number of hydrogen-bond acceptors (Lipinski definition) is 6. The molecule has 2 heterocycles. The van der Waals surface area contributed by atoms with Crippen molar-refractivity contribution in [1.29, 1.82) is 0 Å². The van der Waals surface area contributed by atoms with Crippen LogP contribution in [0.2, 0.25) is 0 Å². The average Bonchev–Trinajstić information content (AvgIpc) is 3.35. The lowest BCUT2D eigenvalue weighted by Crippen LogP contribution is -2.28. The molecule has 9 nitrogen and oxygen atoms in total. The first-order valence-electron chi connectivity index (χ1n) is 8.81. The topological polar surface area (TPSA) is 122 Å². The number of alkyl carbamates (subject to hydrolysis) is 1. The number of aromatic nitrogens is 3. The molecule has 1 aliphatic rings. The van der Waals surface area contributed by atoms with Crippen LogP contribution in [0.1, 0.15) is 50.0 Å². The van der Waals surface area contributed by atoms with Gasteiger partial charge in [-0.1, -0.05) is 6.92 Å². The van der Waals surface area contributed by atoms with Gasteiger partial charge in [0.1, 0.15) is 11.9 Å². The van der Waals surface area contributed by atoms with Crippen molar-refractivity contribution in [2.45, 2.75) is 51.0 Å². The first kappa shape index (κ1) is 18.0. The summed E-state index contributed by atoms with van der Waals surface area (Å²) in [6.07, 6.45) is 5.78. The third-order valence-electron chi connectivity index (χ3n) is 4.30. The van der Waals surface area contributed by atoms with Gasteiger partial charge in [-0.25, -0.2) is 9.78 Å². The molecule has 0 spiro atoms. The second-order valence-electron chi connectivity index (χ2n) is 6.37. The van der Waals surface area contributed by atoms with Crippen LogP contribution < -0.4 is 10.6 Å². The van der Waals surface area contributed by atoms with Gasteiger partial charge in [0.05, 0.1) is 12.6 Å². The first-order chi connectivity index (χ1) is 12.6. The van der Waals surface area contributed by atoms with Gasteiger partial charge in [-0.2, -0.15) is 5.10 Å². The van der Waals surface area contributed by atoms with Crippen LogP contribution in [0.15, 0.2) is 23.1 Å². The predicted octanol–water partition coefficient (Wildman–Crippen LogP) is 2.35. The highest BCUT2D eigenvalue weighted by atomic mass is 16.6. The van der Waals surface area contributed by atoms with E-state index in [1.54, 1.807) is 0 Å². The summed E-state index contributed by atoms with van der Waals surface area (Å²) in [4.78, 5) is 27.4. The smallest absolute Gasteiger partial charge is 0.407 e. The Morgan fingerprint density at radius 3 is 3.08 bits per heavy atom. The fourth-order valence-corrected chi connectivity index (χ4v) is 3.03. The lowest BCUT2D eigenvalue weighted by atomic mass is 10.0. The molecule has 26 heavy (non-hydrogen) atoms. The van der Waals surface area contributed by atoms with E-state index >= 15 is 0 Å². The third-order valence-corrected chi connectivity index (χ3v) is 4.30. The van der Waals surface area contributed by atoms with Crippen LogP contribution in [-0.2, 0) is 16.0 Å². The number of H-pyrrole nitrogens is 1. The minimum Gasteiger partial charge on any atom is -0.448 e. The van der Waals surface area contributed by atoms with E-state index in [1.807, 2.05) is 13.0 Å². The number of rotatable bonds is 7. The number of aromatic amines is 1. The quantitative estimate of drug-likeness (QED) is 0.696. The molecular weight excluding hydrogens is 338 g/mol. The summed E-state index contributed by atoms with van der Waals surface area (Å²) in [5.41, 5.74) is 0.931. The molecule has 3 rings (SSSR count). The van der Waals surface area contributed by atoms with Gasteiger partial charge >= 0.3 is 6.09 Å². The monoisotopic (exact) mass is 361 g/mol. The SMILES string of the molecule is CCCNC(=O)OC1CCC(c2cc(NC(=O)Cc3cnco3)n[nH]2)C1. The van der Waals surface area contributed by atoms with Crippen molar-refractivity contribution in [3.63, 3.8) is 0 Å². The highest BCUT2D eigenvalue weighted by molar-refractivity contribution is 5.91. The number of oxazole rings is 1. The molecule has 0 aromatic carbocycles. The van der Waals surface area contributed by atoms with Crippen molar-refractivity contribution in [2.24, 2.45) is 0 Å². The highest BCUT2D eigenvalue weighted by Crippen LogP contribution is 2.35. The standard InChI is InChI=1S/C17H23N5O4/c1-2-5-19-17(24)26-12-4-3-11(6-12)14-8-15(22-21-14)20-16(23)7-13-9-18-10-25-13/h8-12H,2-7H2,1H3,(H,19,24)(H2,20,21,22,23). The van der Waals surface area contributed by atoms with Crippen molar-refractivity contribution >= 4 is 17.8 Å². The van der Waals surface area contributed by atoms with Gasteiger partial charge in [0, 0.05) is 24.2 Å². The summed E-state index contributed by atoms with van der Waals surface area (Å²) in [5, 5.41) is 12.5. The molecule has 0 aliphatic heterocycles. The van der Waals surface area contributed by atoms with Crippen LogP contribution >= 0.6 is 0 Å². The van der Waals surface area contributed by atoms with Gasteiger partial charge in [0.2, 0.25) is 5.91 Å². The Bertz CT molecular complexity index is 727. The van der Waals surface area contributed by atoms with E-state index < -0.39 is 0 Å². The molecule has 0 radical (unpaired) electrons. The van der Waals surface area contributed by atoms with E-state index in [0.29, 0.717) is 18.1 Å². The van der Waals surface area contributed by atoms with Crippen molar-refractivity contribution < 1.29 is 18.7 Å². The molecule has 0 saturated heterocycles. The first-order valence-corrected chi connectivity index (χ1v) is 8.81. The van der Waals surface area contributed by atoms with Crippen LogP contribution in [0.4, 0.5) is 10.6 Å². The lowest BCUT2D eigenvalue weighted by Gasteiger charge is -2.12. The number of nitrogens with one attached hydrogen (secondary N) is 3. The Balaban J connectivity index is 1.47. The van der Waals surface area contributed by atoms with E-state index in [9.17, 15) is 9.59 Å². The number of amides is 2.